The Bertz CT molecular complexity index is 376. The van der Waals surface area contributed by atoms with Crippen molar-refractivity contribution in [3.05, 3.63) is 41.9 Å². The molecule has 0 heterocycles. The number of thioether (sulfide) groups is 1. The molecular weight excluding hydrogens is 256 g/mol. The lowest BCUT2D eigenvalue weighted by atomic mass is 10.3. The maximum absolute atomic E-state index is 11.7. The van der Waals surface area contributed by atoms with Gasteiger partial charge < -0.3 is 4.74 Å². The van der Waals surface area contributed by atoms with Crippen LogP contribution in [0.5, 0.6) is 0 Å². The number of halogens is 1. The van der Waals surface area contributed by atoms with E-state index in [1.54, 1.807) is 25.1 Å². The normalized spacial score (nSPS) is 11.9. The highest BCUT2D eigenvalue weighted by atomic mass is 35.5. The summed E-state index contributed by atoms with van der Waals surface area (Å²) in [5, 5.41) is 0.444. The molecule has 2 nitrogen and oxygen atoms in total. The van der Waals surface area contributed by atoms with Crippen LogP contribution in [-0.4, -0.2) is 17.8 Å². The molecular formula is C13H15ClO2S. The average Bonchev–Trinajstić information content (AvgIpc) is 2.31. The molecule has 0 aliphatic heterocycles. The molecule has 1 aromatic rings. The molecule has 0 N–H and O–H groups in total. The van der Waals surface area contributed by atoms with Crippen LogP contribution in [0.25, 0.3) is 0 Å². The fourth-order valence-corrected chi connectivity index (χ4v) is 2.40. The number of benzene rings is 1. The molecule has 1 atom stereocenters. The summed E-state index contributed by atoms with van der Waals surface area (Å²) in [6.45, 7) is 5.85. The van der Waals surface area contributed by atoms with Crippen molar-refractivity contribution in [3.63, 3.8) is 0 Å². The van der Waals surface area contributed by atoms with E-state index < -0.39 is 0 Å². The molecule has 92 valence electrons. The second kappa shape index (κ2) is 7.41. The van der Waals surface area contributed by atoms with E-state index >= 15 is 0 Å². The van der Waals surface area contributed by atoms with E-state index in [2.05, 4.69) is 6.58 Å². The van der Waals surface area contributed by atoms with Gasteiger partial charge in [0.05, 0.1) is 6.61 Å². The molecule has 0 fully saturated rings. The van der Waals surface area contributed by atoms with Crippen LogP contribution in [0.1, 0.15) is 13.3 Å². The summed E-state index contributed by atoms with van der Waals surface area (Å²) in [6.07, 6.45) is 2.32. The minimum Gasteiger partial charge on any atom is -0.465 e. The van der Waals surface area contributed by atoms with Crippen LogP contribution in [0.4, 0.5) is 0 Å². The fraction of sp³-hybridized carbons (Fsp3) is 0.308. The molecule has 0 spiro atoms. The van der Waals surface area contributed by atoms with E-state index in [0.29, 0.717) is 18.1 Å². The zero-order chi connectivity index (χ0) is 12.7. The molecule has 1 unspecified atom stereocenters. The van der Waals surface area contributed by atoms with E-state index in [0.717, 1.165) is 4.90 Å². The molecule has 0 aliphatic carbocycles. The number of allylic oxidation sites excluding steroid dienone is 1. The number of carbonyl (C=O) groups is 1. The third kappa shape index (κ3) is 4.84. The Balaban J connectivity index is 2.68. The van der Waals surface area contributed by atoms with Crippen LogP contribution in [0, 0.1) is 0 Å². The van der Waals surface area contributed by atoms with Gasteiger partial charge >= 0.3 is 5.97 Å². The molecule has 0 aromatic heterocycles. The highest BCUT2D eigenvalue weighted by Crippen LogP contribution is 2.27. The Kier molecular flexibility index (Phi) is 6.16. The van der Waals surface area contributed by atoms with E-state index in [1.807, 2.05) is 12.1 Å². The van der Waals surface area contributed by atoms with Crippen LogP contribution in [0.3, 0.4) is 0 Å². The lowest BCUT2D eigenvalue weighted by Crippen LogP contribution is -2.19. The largest absolute Gasteiger partial charge is 0.465 e. The van der Waals surface area contributed by atoms with E-state index in [1.165, 1.54) is 11.8 Å². The first-order valence-corrected chi connectivity index (χ1v) is 6.63. The fourth-order valence-electron chi connectivity index (χ4n) is 1.26. The highest BCUT2D eigenvalue weighted by molar-refractivity contribution is 8.00. The topological polar surface area (TPSA) is 26.3 Å². The Labute approximate surface area is 111 Å². The Hall–Kier alpha value is -0.930. The molecule has 0 amide bonds. The molecule has 17 heavy (non-hydrogen) atoms. The molecule has 0 radical (unpaired) electrons. The van der Waals surface area contributed by atoms with Crippen molar-refractivity contribution < 1.29 is 9.53 Å². The van der Waals surface area contributed by atoms with Gasteiger partial charge in [-0.05, 0) is 37.6 Å². The minimum atomic E-state index is -0.242. The quantitative estimate of drug-likeness (QED) is 0.445. The minimum absolute atomic E-state index is 0.202. The summed E-state index contributed by atoms with van der Waals surface area (Å²) in [4.78, 5) is 12.7. The van der Waals surface area contributed by atoms with Gasteiger partial charge in [-0.1, -0.05) is 17.7 Å². The van der Waals surface area contributed by atoms with Crippen LogP contribution in [0.15, 0.2) is 41.8 Å². The summed E-state index contributed by atoms with van der Waals surface area (Å²) in [6, 6.07) is 7.39. The maximum Gasteiger partial charge on any atom is 0.319 e. The maximum atomic E-state index is 11.7. The van der Waals surface area contributed by atoms with Crippen LogP contribution in [-0.2, 0) is 9.53 Å². The summed E-state index contributed by atoms with van der Waals surface area (Å²) < 4.78 is 5.02. The Morgan fingerprint density at radius 3 is 2.71 bits per heavy atom. The van der Waals surface area contributed by atoms with Crippen LogP contribution < -0.4 is 0 Å². The van der Waals surface area contributed by atoms with Gasteiger partial charge in [0.1, 0.15) is 5.25 Å². The predicted molar refractivity (Wildman–Crippen MR) is 72.5 cm³/mol. The third-order valence-electron chi connectivity index (χ3n) is 2.02. The molecule has 0 bridgehead atoms. The van der Waals surface area contributed by atoms with E-state index in [-0.39, 0.29) is 11.2 Å². The first-order valence-electron chi connectivity index (χ1n) is 5.37. The predicted octanol–water partition coefficient (Wildman–Crippen LogP) is 3.94. The standard InChI is InChI=1S/C13H15ClO2S/c1-3-5-12(13(15)16-4-2)17-11-8-6-10(14)7-9-11/h3,6-9,12H,1,4-5H2,2H3. The smallest absolute Gasteiger partial charge is 0.319 e. The zero-order valence-corrected chi connectivity index (χ0v) is 11.3. The summed E-state index contributed by atoms with van der Waals surface area (Å²) >= 11 is 7.27. The van der Waals surface area contributed by atoms with Crippen molar-refractivity contribution in [3.8, 4) is 0 Å². The SMILES string of the molecule is C=CCC(Sc1ccc(Cl)cc1)C(=O)OCC. The average molecular weight is 271 g/mol. The monoisotopic (exact) mass is 270 g/mol. The number of hydrogen-bond donors (Lipinski definition) is 0. The van der Waals surface area contributed by atoms with Crippen molar-refractivity contribution in [2.24, 2.45) is 0 Å². The lowest BCUT2D eigenvalue weighted by molar-refractivity contribution is -0.142. The van der Waals surface area contributed by atoms with Gasteiger partial charge in [0.2, 0.25) is 0 Å². The van der Waals surface area contributed by atoms with Crippen molar-refractivity contribution in [2.45, 2.75) is 23.5 Å². The van der Waals surface area contributed by atoms with Gasteiger partial charge in [0.25, 0.3) is 0 Å². The van der Waals surface area contributed by atoms with Crippen molar-refractivity contribution in [1.29, 1.82) is 0 Å². The molecule has 0 saturated heterocycles. The first kappa shape index (κ1) is 14.1. The summed E-state index contributed by atoms with van der Waals surface area (Å²) in [5.74, 6) is -0.202. The number of rotatable bonds is 6. The van der Waals surface area contributed by atoms with Crippen LogP contribution >= 0.6 is 23.4 Å². The zero-order valence-electron chi connectivity index (χ0n) is 9.69. The molecule has 4 heteroatoms. The first-order chi connectivity index (χ1) is 8.17. The van der Waals surface area contributed by atoms with Gasteiger partial charge in [-0.15, -0.1) is 18.3 Å². The van der Waals surface area contributed by atoms with Gasteiger partial charge in [-0.2, -0.15) is 0 Å². The Morgan fingerprint density at radius 1 is 1.53 bits per heavy atom. The number of ether oxygens (including phenoxy) is 1. The molecule has 0 saturated carbocycles. The van der Waals surface area contributed by atoms with E-state index in [9.17, 15) is 4.79 Å². The molecule has 0 aliphatic rings. The Morgan fingerprint density at radius 2 is 2.18 bits per heavy atom. The number of esters is 1. The van der Waals surface area contributed by atoms with Crippen molar-refractivity contribution in [1.82, 2.24) is 0 Å². The van der Waals surface area contributed by atoms with Crippen LogP contribution in [0.2, 0.25) is 5.02 Å². The number of hydrogen-bond acceptors (Lipinski definition) is 3. The second-order valence-electron chi connectivity index (χ2n) is 3.34. The van der Waals surface area contributed by atoms with Gasteiger partial charge in [0, 0.05) is 9.92 Å². The van der Waals surface area contributed by atoms with E-state index in [4.69, 9.17) is 16.3 Å². The van der Waals surface area contributed by atoms with Crippen molar-refractivity contribution in [2.75, 3.05) is 6.61 Å². The lowest BCUT2D eigenvalue weighted by Gasteiger charge is -2.13. The van der Waals surface area contributed by atoms with Crippen molar-refractivity contribution >= 4 is 29.3 Å². The van der Waals surface area contributed by atoms with Gasteiger partial charge in [0.15, 0.2) is 0 Å². The molecule has 1 rings (SSSR count). The van der Waals surface area contributed by atoms with Gasteiger partial charge in [-0.25, -0.2) is 0 Å². The summed E-state index contributed by atoms with van der Waals surface area (Å²) in [5.41, 5.74) is 0. The third-order valence-corrected chi connectivity index (χ3v) is 3.49. The number of carbonyl (C=O) groups excluding carboxylic acids is 1. The molecule has 1 aromatic carbocycles. The van der Waals surface area contributed by atoms with Gasteiger partial charge in [-0.3, -0.25) is 4.79 Å². The summed E-state index contributed by atoms with van der Waals surface area (Å²) in [7, 11) is 0. The second-order valence-corrected chi connectivity index (χ2v) is 5.05. The highest BCUT2D eigenvalue weighted by Gasteiger charge is 2.19.